The SMILES string of the molecule is CCCCCCCCCCCCCCCC/C=C/[C@@H](O)C(=O)N[C@@H](CO[C@@H]1O[C@H](CO)[C@@H](O)[C@H](O)[C@H]1O)[C@H](O)/C=C/CC/C=C(\C)CCCCCCCCC. The molecule has 0 aromatic carbocycles. The minimum Gasteiger partial charge on any atom is -0.394 e. The van der Waals surface area contributed by atoms with E-state index in [0.29, 0.717) is 6.42 Å². The van der Waals surface area contributed by atoms with Gasteiger partial charge in [-0.25, -0.2) is 0 Å². The Morgan fingerprint density at radius 1 is 0.673 bits per heavy atom. The van der Waals surface area contributed by atoms with E-state index < -0.39 is 61.5 Å². The van der Waals surface area contributed by atoms with Crippen LogP contribution in [0.25, 0.3) is 0 Å². The highest BCUT2D eigenvalue weighted by atomic mass is 16.7. The number of allylic oxidation sites excluding steroid dienone is 4. The van der Waals surface area contributed by atoms with E-state index in [0.717, 1.165) is 32.1 Å². The second-order valence-electron chi connectivity index (χ2n) is 15.8. The summed E-state index contributed by atoms with van der Waals surface area (Å²) in [7, 11) is 0. The molecule has 0 bridgehead atoms. The highest BCUT2D eigenvalue weighted by molar-refractivity contribution is 5.82. The van der Waals surface area contributed by atoms with Gasteiger partial charge in [0.1, 0.15) is 24.4 Å². The Morgan fingerprint density at radius 2 is 1.18 bits per heavy atom. The summed E-state index contributed by atoms with van der Waals surface area (Å²) in [5.41, 5.74) is 1.35. The maximum atomic E-state index is 13.0. The van der Waals surface area contributed by atoms with Gasteiger partial charge < -0.3 is 45.4 Å². The van der Waals surface area contributed by atoms with Gasteiger partial charge in [-0.05, 0) is 45.4 Å². The third-order valence-corrected chi connectivity index (χ3v) is 10.7. The maximum Gasteiger partial charge on any atom is 0.253 e. The van der Waals surface area contributed by atoms with Crippen molar-refractivity contribution in [2.24, 2.45) is 0 Å². The molecule has 8 atom stereocenters. The van der Waals surface area contributed by atoms with Gasteiger partial charge in [0, 0.05) is 0 Å². The molecular formula is C45H83NO9. The minimum atomic E-state index is -1.62. The van der Waals surface area contributed by atoms with Gasteiger partial charge in [0.2, 0.25) is 0 Å². The van der Waals surface area contributed by atoms with Crippen molar-refractivity contribution in [2.45, 2.75) is 230 Å². The molecule has 1 heterocycles. The predicted molar refractivity (Wildman–Crippen MR) is 222 cm³/mol. The van der Waals surface area contributed by atoms with Crippen LogP contribution in [0.15, 0.2) is 36.0 Å². The van der Waals surface area contributed by atoms with Crippen LogP contribution < -0.4 is 5.32 Å². The molecule has 0 unspecified atom stereocenters. The molecular weight excluding hydrogens is 698 g/mol. The topological polar surface area (TPSA) is 169 Å². The molecule has 1 saturated heterocycles. The largest absolute Gasteiger partial charge is 0.394 e. The van der Waals surface area contributed by atoms with Crippen molar-refractivity contribution in [3.63, 3.8) is 0 Å². The Bertz CT molecular complexity index is 1000. The van der Waals surface area contributed by atoms with Gasteiger partial charge in [-0.3, -0.25) is 4.79 Å². The quantitative estimate of drug-likeness (QED) is 0.0250. The molecule has 0 aromatic heterocycles. The third kappa shape index (κ3) is 25.4. The molecule has 1 fully saturated rings. The number of carbonyl (C=O) groups excluding carboxylic acids is 1. The molecule has 1 aliphatic rings. The Labute approximate surface area is 334 Å². The van der Waals surface area contributed by atoms with Crippen LogP contribution in [0.5, 0.6) is 0 Å². The molecule has 7 N–H and O–H groups in total. The van der Waals surface area contributed by atoms with Gasteiger partial charge in [-0.1, -0.05) is 172 Å². The number of carbonyl (C=O) groups is 1. The Balaban J connectivity index is 2.54. The summed E-state index contributed by atoms with van der Waals surface area (Å²) in [6.07, 6.45) is 29.1. The van der Waals surface area contributed by atoms with Crippen molar-refractivity contribution >= 4 is 5.91 Å². The van der Waals surface area contributed by atoms with Crippen LogP contribution in [0.4, 0.5) is 0 Å². The van der Waals surface area contributed by atoms with Gasteiger partial charge in [0.15, 0.2) is 12.4 Å². The number of hydrogen-bond donors (Lipinski definition) is 7. The standard InChI is InChI=1S/C45H83NO9/c1-4-6-8-10-12-13-14-15-16-17-18-19-20-22-24-28-33-39(49)44(53)46-37(35-54-45-43(52)42(51)41(50)40(34-47)55-45)38(48)32-29-25-27-31-36(3)30-26-23-21-11-9-7-5-2/h28-29,31-33,37-43,45,47-52H,4-27,30,34-35H2,1-3H3,(H,46,53)/b32-29+,33-28+,36-31+/t37-,38+,39+,40+,41+,42-,43+,45+/m0/s1. The van der Waals surface area contributed by atoms with Gasteiger partial charge in [0.25, 0.3) is 5.91 Å². The van der Waals surface area contributed by atoms with Crippen molar-refractivity contribution in [1.82, 2.24) is 5.32 Å². The zero-order chi connectivity index (χ0) is 40.5. The first-order valence-corrected chi connectivity index (χ1v) is 22.2. The lowest BCUT2D eigenvalue weighted by molar-refractivity contribution is -0.302. The summed E-state index contributed by atoms with van der Waals surface area (Å²) >= 11 is 0. The lowest BCUT2D eigenvalue weighted by Crippen LogP contribution is -2.60. The monoisotopic (exact) mass is 782 g/mol. The number of unbranched alkanes of at least 4 members (excludes halogenated alkanes) is 21. The molecule has 1 rings (SSSR count). The summed E-state index contributed by atoms with van der Waals surface area (Å²) in [5.74, 6) is -0.712. The van der Waals surface area contributed by atoms with Gasteiger partial charge in [-0.2, -0.15) is 0 Å². The van der Waals surface area contributed by atoms with Crippen LogP contribution in [-0.2, 0) is 14.3 Å². The summed E-state index contributed by atoms with van der Waals surface area (Å²) in [5, 5.41) is 64.5. The molecule has 0 spiro atoms. The van der Waals surface area contributed by atoms with E-state index in [2.05, 4.69) is 32.2 Å². The van der Waals surface area contributed by atoms with E-state index in [1.807, 2.05) is 12.2 Å². The summed E-state index contributed by atoms with van der Waals surface area (Å²) in [6, 6.07) is -1.03. The van der Waals surface area contributed by atoms with Crippen molar-refractivity contribution < 1.29 is 44.9 Å². The highest BCUT2D eigenvalue weighted by Crippen LogP contribution is 2.22. The Hall–Kier alpha value is -1.63. The molecule has 55 heavy (non-hydrogen) atoms. The smallest absolute Gasteiger partial charge is 0.253 e. The molecule has 10 nitrogen and oxygen atoms in total. The summed E-state index contributed by atoms with van der Waals surface area (Å²) in [4.78, 5) is 13.0. The third-order valence-electron chi connectivity index (χ3n) is 10.7. The number of hydrogen-bond acceptors (Lipinski definition) is 9. The number of ether oxygens (including phenoxy) is 2. The van der Waals surface area contributed by atoms with E-state index >= 15 is 0 Å². The molecule has 0 aromatic rings. The lowest BCUT2D eigenvalue weighted by Gasteiger charge is -2.40. The van der Waals surface area contributed by atoms with Gasteiger partial charge >= 0.3 is 0 Å². The molecule has 322 valence electrons. The van der Waals surface area contributed by atoms with Crippen LogP contribution >= 0.6 is 0 Å². The summed E-state index contributed by atoms with van der Waals surface area (Å²) < 4.78 is 11.1. The zero-order valence-corrected chi connectivity index (χ0v) is 35.0. The van der Waals surface area contributed by atoms with Crippen LogP contribution in [0.2, 0.25) is 0 Å². The van der Waals surface area contributed by atoms with Crippen LogP contribution in [-0.4, -0.2) is 98.7 Å². The van der Waals surface area contributed by atoms with Crippen molar-refractivity contribution in [1.29, 1.82) is 0 Å². The van der Waals surface area contributed by atoms with E-state index in [4.69, 9.17) is 9.47 Å². The highest BCUT2D eigenvalue weighted by Gasteiger charge is 2.44. The molecule has 0 aliphatic carbocycles. The maximum absolute atomic E-state index is 13.0. The first kappa shape index (κ1) is 51.4. The fourth-order valence-electron chi connectivity index (χ4n) is 6.93. The number of amides is 1. The molecule has 1 aliphatic heterocycles. The van der Waals surface area contributed by atoms with E-state index in [1.54, 1.807) is 6.08 Å². The zero-order valence-electron chi connectivity index (χ0n) is 35.0. The van der Waals surface area contributed by atoms with Crippen LogP contribution in [0, 0.1) is 0 Å². The van der Waals surface area contributed by atoms with Crippen LogP contribution in [0.1, 0.15) is 181 Å². The van der Waals surface area contributed by atoms with Crippen molar-refractivity contribution in [3.8, 4) is 0 Å². The van der Waals surface area contributed by atoms with E-state index in [-0.39, 0.29) is 6.61 Å². The molecule has 10 heteroatoms. The van der Waals surface area contributed by atoms with Gasteiger partial charge in [-0.15, -0.1) is 0 Å². The second-order valence-corrected chi connectivity index (χ2v) is 15.8. The Morgan fingerprint density at radius 3 is 1.73 bits per heavy atom. The average Bonchev–Trinajstić information content (AvgIpc) is 3.18. The fraction of sp³-hybridized carbons (Fsp3) is 0.844. The first-order chi connectivity index (χ1) is 26.7. The predicted octanol–water partition coefficient (Wildman–Crippen LogP) is 7.86. The number of aliphatic hydroxyl groups excluding tert-OH is 6. The van der Waals surface area contributed by atoms with Gasteiger partial charge in [0.05, 0.1) is 25.4 Å². The lowest BCUT2D eigenvalue weighted by atomic mass is 9.99. The molecule has 0 radical (unpaired) electrons. The Kier molecular flexibility index (Phi) is 32.2. The number of aliphatic hydroxyl groups is 6. The second kappa shape index (κ2) is 34.4. The number of rotatable bonds is 35. The summed E-state index contributed by atoms with van der Waals surface area (Å²) in [6.45, 7) is 5.69. The average molecular weight is 782 g/mol. The molecule has 1 amide bonds. The normalized spacial score (nSPS) is 22.4. The van der Waals surface area contributed by atoms with E-state index in [1.165, 1.54) is 134 Å². The molecule has 0 saturated carbocycles. The van der Waals surface area contributed by atoms with Crippen molar-refractivity contribution in [3.05, 3.63) is 36.0 Å². The van der Waals surface area contributed by atoms with Crippen LogP contribution in [0.3, 0.4) is 0 Å². The first-order valence-electron chi connectivity index (χ1n) is 22.2. The fourth-order valence-corrected chi connectivity index (χ4v) is 6.93. The van der Waals surface area contributed by atoms with Crippen molar-refractivity contribution in [2.75, 3.05) is 13.2 Å². The number of nitrogens with one attached hydrogen (secondary N) is 1. The minimum absolute atomic E-state index is 0.340. The van der Waals surface area contributed by atoms with E-state index in [9.17, 15) is 35.4 Å².